The molecule has 1 amide bonds. The van der Waals surface area contributed by atoms with Gasteiger partial charge in [0.05, 0.1) is 0 Å². The smallest absolute Gasteiger partial charge is 0.251 e. The number of rotatable bonds is 6. The number of carbonyl (C=O) groups excluding carboxylic acids is 1. The lowest BCUT2D eigenvalue weighted by molar-refractivity contribution is 0.0948. The third kappa shape index (κ3) is 5.88. The molecular weight excluding hydrogens is 236 g/mol. The Morgan fingerprint density at radius 2 is 1.84 bits per heavy atom. The molecule has 0 aliphatic carbocycles. The Labute approximate surface area is 116 Å². The van der Waals surface area contributed by atoms with Gasteiger partial charge in [-0.3, -0.25) is 4.79 Å². The summed E-state index contributed by atoms with van der Waals surface area (Å²) >= 11 is 0. The number of benzene rings is 1. The lowest BCUT2D eigenvalue weighted by Crippen LogP contribution is -2.28. The van der Waals surface area contributed by atoms with Crippen molar-refractivity contribution in [2.45, 2.75) is 33.6 Å². The minimum Gasteiger partial charge on any atom is -0.352 e. The molecule has 0 saturated heterocycles. The summed E-state index contributed by atoms with van der Waals surface area (Å²) in [6.07, 6.45) is 1.86. The Balaban J connectivity index is 2.61. The van der Waals surface area contributed by atoms with E-state index < -0.39 is 0 Å². The Hall–Kier alpha value is -1.35. The minimum atomic E-state index is 0.0379. The average Bonchev–Trinajstić information content (AvgIpc) is 2.35. The van der Waals surface area contributed by atoms with Crippen LogP contribution in [0.15, 0.2) is 24.3 Å². The summed E-state index contributed by atoms with van der Waals surface area (Å²) in [7, 11) is 1.92. The Bertz CT molecular complexity index is 407. The van der Waals surface area contributed by atoms with Gasteiger partial charge in [-0.15, -0.1) is 0 Å². The van der Waals surface area contributed by atoms with Crippen LogP contribution in [-0.4, -0.2) is 26.0 Å². The molecule has 0 fully saturated rings. The zero-order valence-corrected chi connectivity index (χ0v) is 12.5. The number of carbonyl (C=O) groups is 1. The SMILES string of the molecule is CNCCc1ccccc1C(=O)NCCC(C)(C)C. The highest BCUT2D eigenvalue weighted by Crippen LogP contribution is 2.17. The Morgan fingerprint density at radius 1 is 1.16 bits per heavy atom. The standard InChI is InChI=1S/C16H26N2O/c1-16(2,3)10-12-18-15(19)14-8-6-5-7-13(14)9-11-17-4/h5-8,17H,9-12H2,1-4H3,(H,18,19). The topological polar surface area (TPSA) is 41.1 Å². The highest BCUT2D eigenvalue weighted by atomic mass is 16.1. The molecule has 0 radical (unpaired) electrons. The van der Waals surface area contributed by atoms with Crippen molar-refractivity contribution in [3.63, 3.8) is 0 Å². The van der Waals surface area contributed by atoms with Crippen LogP contribution in [0.25, 0.3) is 0 Å². The molecule has 0 aromatic heterocycles. The maximum atomic E-state index is 12.2. The van der Waals surface area contributed by atoms with Crippen LogP contribution in [-0.2, 0) is 6.42 Å². The Morgan fingerprint density at radius 3 is 2.47 bits per heavy atom. The molecule has 1 aromatic rings. The van der Waals surface area contributed by atoms with Crippen LogP contribution in [0.3, 0.4) is 0 Å². The van der Waals surface area contributed by atoms with Gasteiger partial charge in [-0.05, 0) is 43.5 Å². The number of nitrogens with one attached hydrogen (secondary N) is 2. The molecule has 0 unspecified atom stereocenters. The van der Waals surface area contributed by atoms with Crippen molar-refractivity contribution in [1.29, 1.82) is 0 Å². The molecule has 106 valence electrons. The zero-order chi connectivity index (χ0) is 14.3. The first kappa shape index (κ1) is 15.7. The summed E-state index contributed by atoms with van der Waals surface area (Å²) in [6.45, 7) is 8.15. The highest BCUT2D eigenvalue weighted by molar-refractivity contribution is 5.95. The first-order valence-corrected chi connectivity index (χ1v) is 6.95. The molecule has 1 rings (SSSR count). The number of likely N-dealkylation sites (N-methyl/N-ethyl adjacent to an activating group) is 1. The lowest BCUT2D eigenvalue weighted by Gasteiger charge is -2.18. The average molecular weight is 262 g/mol. The summed E-state index contributed by atoms with van der Waals surface area (Å²) < 4.78 is 0. The largest absolute Gasteiger partial charge is 0.352 e. The van der Waals surface area contributed by atoms with E-state index in [9.17, 15) is 4.79 Å². The second-order valence-electron chi connectivity index (χ2n) is 6.08. The van der Waals surface area contributed by atoms with Crippen molar-refractivity contribution in [1.82, 2.24) is 10.6 Å². The van der Waals surface area contributed by atoms with Crippen LogP contribution in [0.1, 0.15) is 43.1 Å². The van der Waals surface area contributed by atoms with E-state index in [1.807, 2.05) is 31.3 Å². The van der Waals surface area contributed by atoms with Gasteiger partial charge in [0.25, 0.3) is 5.91 Å². The number of hydrogen-bond donors (Lipinski definition) is 2. The van der Waals surface area contributed by atoms with E-state index in [4.69, 9.17) is 0 Å². The van der Waals surface area contributed by atoms with Gasteiger partial charge in [0, 0.05) is 12.1 Å². The fourth-order valence-electron chi connectivity index (χ4n) is 1.87. The molecule has 3 nitrogen and oxygen atoms in total. The van der Waals surface area contributed by atoms with Crippen LogP contribution < -0.4 is 10.6 Å². The molecule has 0 atom stereocenters. The number of amides is 1. The summed E-state index contributed by atoms with van der Waals surface area (Å²) in [5, 5.41) is 6.13. The molecule has 2 N–H and O–H groups in total. The second kappa shape index (κ2) is 7.29. The van der Waals surface area contributed by atoms with Crippen molar-refractivity contribution in [2.24, 2.45) is 5.41 Å². The molecule has 3 heteroatoms. The van der Waals surface area contributed by atoms with Gasteiger partial charge in [0.1, 0.15) is 0 Å². The van der Waals surface area contributed by atoms with E-state index in [1.54, 1.807) is 0 Å². The monoisotopic (exact) mass is 262 g/mol. The summed E-state index contributed by atoms with van der Waals surface area (Å²) in [4.78, 5) is 12.2. The molecule has 1 aromatic carbocycles. The van der Waals surface area contributed by atoms with Crippen LogP contribution >= 0.6 is 0 Å². The third-order valence-corrected chi connectivity index (χ3v) is 3.07. The van der Waals surface area contributed by atoms with E-state index >= 15 is 0 Å². The van der Waals surface area contributed by atoms with Crippen LogP contribution in [0.5, 0.6) is 0 Å². The van der Waals surface area contributed by atoms with Gasteiger partial charge in [-0.1, -0.05) is 39.0 Å². The first-order valence-electron chi connectivity index (χ1n) is 6.95. The van der Waals surface area contributed by atoms with Gasteiger partial charge in [-0.25, -0.2) is 0 Å². The quantitative estimate of drug-likeness (QED) is 0.827. The fourth-order valence-corrected chi connectivity index (χ4v) is 1.87. The van der Waals surface area contributed by atoms with Crippen molar-refractivity contribution >= 4 is 5.91 Å². The lowest BCUT2D eigenvalue weighted by atomic mass is 9.92. The van der Waals surface area contributed by atoms with Crippen LogP contribution in [0, 0.1) is 5.41 Å². The van der Waals surface area contributed by atoms with E-state index in [2.05, 4.69) is 31.4 Å². The van der Waals surface area contributed by atoms with Gasteiger partial charge < -0.3 is 10.6 Å². The molecule has 0 aliphatic heterocycles. The molecular formula is C16H26N2O. The van der Waals surface area contributed by atoms with E-state index in [1.165, 1.54) is 0 Å². The molecule has 0 heterocycles. The summed E-state index contributed by atoms with van der Waals surface area (Å²) in [6, 6.07) is 7.83. The maximum Gasteiger partial charge on any atom is 0.251 e. The van der Waals surface area contributed by atoms with Gasteiger partial charge in [0.2, 0.25) is 0 Å². The predicted octanol–water partition coefficient (Wildman–Crippen LogP) is 2.61. The second-order valence-corrected chi connectivity index (χ2v) is 6.08. The first-order chi connectivity index (χ1) is 8.94. The molecule has 0 aliphatic rings. The van der Waals surface area contributed by atoms with Crippen molar-refractivity contribution < 1.29 is 4.79 Å². The van der Waals surface area contributed by atoms with Gasteiger partial charge in [0.15, 0.2) is 0 Å². The normalized spacial score (nSPS) is 11.4. The predicted molar refractivity (Wildman–Crippen MR) is 80.5 cm³/mol. The minimum absolute atomic E-state index is 0.0379. The summed E-state index contributed by atoms with van der Waals surface area (Å²) in [5.74, 6) is 0.0379. The molecule has 19 heavy (non-hydrogen) atoms. The van der Waals surface area contributed by atoms with Gasteiger partial charge in [-0.2, -0.15) is 0 Å². The van der Waals surface area contributed by atoms with Crippen LogP contribution in [0.4, 0.5) is 0 Å². The van der Waals surface area contributed by atoms with Crippen LogP contribution in [0.2, 0.25) is 0 Å². The molecule has 0 spiro atoms. The molecule has 0 saturated carbocycles. The van der Waals surface area contributed by atoms with E-state index in [0.29, 0.717) is 0 Å². The highest BCUT2D eigenvalue weighted by Gasteiger charge is 2.13. The van der Waals surface area contributed by atoms with Crippen molar-refractivity contribution in [3.8, 4) is 0 Å². The van der Waals surface area contributed by atoms with Gasteiger partial charge >= 0.3 is 0 Å². The summed E-state index contributed by atoms with van der Waals surface area (Å²) in [5.41, 5.74) is 2.15. The maximum absolute atomic E-state index is 12.2. The van der Waals surface area contributed by atoms with E-state index in [0.717, 1.165) is 37.1 Å². The Kier molecular flexibility index (Phi) is 6.03. The number of hydrogen-bond acceptors (Lipinski definition) is 2. The zero-order valence-electron chi connectivity index (χ0n) is 12.5. The molecule has 0 bridgehead atoms. The fraction of sp³-hybridized carbons (Fsp3) is 0.562. The third-order valence-electron chi connectivity index (χ3n) is 3.07. The van der Waals surface area contributed by atoms with Crippen molar-refractivity contribution in [2.75, 3.05) is 20.1 Å². The van der Waals surface area contributed by atoms with E-state index in [-0.39, 0.29) is 11.3 Å². The van der Waals surface area contributed by atoms with Crippen molar-refractivity contribution in [3.05, 3.63) is 35.4 Å².